The van der Waals surface area contributed by atoms with Gasteiger partial charge in [-0.25, -0.2) is 9.59 Å². The number of methoxy groups -OCH3 is 1. The van der Waals surface area contributed by atoms with E-state index in [0.717, 1.165) is 25.7 Å². The molecule has 1 N–H and O–H groups in total. The minimum absolute atomic E-state index is 0.0301. The third-order valence-corrected chi connectivity index (χ3v) is 4.82. The Bertz CT molecular complexity index is 540. The molecular formula is C16H23F3N2O5. The van der Waals surface area contributed by atoms with Crippen molar-refractivity contribution in [2.45, 2.75) is 56.8 Å². The second kappa shape index (κ2) is 8.59. The van der Waals surface area contributed by atoms with Crippen LogP contribution in [-0.2, 0) is 19.1 Å². The Balaban J connectivity index is 1.87. The first-order valence-electron chi connectivity index (χ1n) is 8.59. The van der Waals surface area contributed by atoms with E-state index >= 15 is 0 Å². The van der Waals surface area contributed by atoms with Crippen molar-refractivity contribution in [2.24, 2.45) is 5.92 Å². The fraction of sp³-hybridized carbons (Fsp3) is 0.812. The van der Waals surface area contributed by atoms with Crippen LogP contribution in [0.1, 0.15) is 38.5 Å². The van der Waals surface area contributed by atoms with Crippen LogP contribution < -0.4 is 5.32 Å². The van der Waals surface area contributed by atoms with Crippen LogP contribution in [0.5, 0.6) is 0 Å². The number of amides is 2. The Morgan fingerprint density at radius 2 is 1.88 bits per heavy atom. The number of alkyl halides is 3. The second-order valence-corrected chi connectivity index (χ2v) is 6.56. The minimum atomic E-state index is -4.60. The van der Waals surface area contributed by atoms with Crippen molar-refractivity contribution in [3.05, 3.63) is 0 Å². The maximum atomic E-state index is 12.6. The highest BCUT2D eigenvalue weighted by Crippen LogP contribution is 2.40. The van der Waals surface area contributed by atoms with Crippen LogP contribution >= 0.6 is 0 Å². The van der Waals surface area contributed by atoms with Crippen LogP contribution in [0.15, 0.2) is 0 Å². The molecule has 0 radical (unpaired) electrons. The molecule has 1 aliphatic heterocycles. The maximum Gasteiger partial charge on any atom is 0.422 e. The Hall–Kier alpha value is -2.00. The molecule has 7 nitrogen and oxygen atoms in total. The number of alkyl carbamates (subject to hydrolysis) is 1. The average Bonchev–Trinajstić information content (AvgIpc) is 2.98. The highest BCUT2D eigenvalue weighted by Gasteiger charge is 2.47. The molecule has 0 aromatic heterocycles. The van der Waals surface area contributed by atoms with Gasteiger partial charge in [-0.3, -0.25) is 4.79 Å². The zero-order valence-electron chi connectivity index (χ0n) is 14.5. The van der Waals surface area contributed by atoms with Crippen molar-refractivity contribution in [1.29, 1.82) is 0 Å². The summed E-state index contributed by atoms with van der Waals surface area (Å²) in [5.74, 6) is -0.544. The van der Waals surface area contributed by atoms with Crippen LogP contribution in [0.25, 0.3) is 0 Å². The van der Waals surface area contributed by atoms with Crippen molar-refractivity contribution in [2.75, 3.05) is 20.3 Å². The van der Waals surface area contributed by atoms with E-state index in [1.54, 1.807) is 4.90 Å². The van der Waals surface area contributed by atoms with Crippen LogP contribution in [0.2, 0.25) is 0 Å². The fourth-order valence-corrected chi connectivity index (χ4v) is 3.76. The molecule has 2 aliphatic rings. The lowest BCUT2D eigenvalue weighted by Gasteiger charge is -2.33. The quantitative estimate of drug-likeness (QED) is 0.738. The highest BCUT2D eigenvalue weighted by atomic mass is 19.4. The molecule has 26 heavy (non-hydrogen) atoms. The van der Waals surface area contributed by atoms with Gasteiger partial charge in [0, 0.05) is 19.0 Å². The Kier molecular flexibility index (Phi) is 6.71. The van der Waals surface area contributed by atoms with Crippen molar-refractivity contribution in [3.63, 3.8) is 0 Å². The van der Waals surface area contributed by atoms with E-state index in [4.69, 9.17) is 4.74 Å². The predicted octanol–water partition coefficient (Wildman–Crippen LogP) is 2.00. The number of hydrogen-bond donors (Lipinski definition) is 1. The smallest absolute Gasteiger partial charge is 0.422 e. The summed E-state index contributed by atoms with van der Waals surface area (Å²) in [5.41, 5.74) is 0. The summed E-state index contributed by atoms with van der Waals surface area (Å²) in [7, 11) is 1.27. The van der Waals surface area contributed by atoms with Crippen LogP contribution in [0.4, 0.5) is 18.0 Å². The zero-order valence-corrected chi connectivity index (χ0v) is 14.5. The van der Waals surface area contributed by atoms with Gasteiger partial charge in [-0.1, -0.05) is 12.8 Å². The molecule has 2 fully saturated rings. The predicted molar refractivity (Wildman–Crippen MR) is 83.0 cm³/mol. The largest absolute Gasteiger partial charge is 0.467 e. The molecule has 0 aromatic carbocycles. The summed E-state index contributed by atoms with van der Waals surface area (Å²) in [5, 5.41) is 2.11. The Morgan fingerprint density at radius 1 is 1.19 bits per heavy atom. The molecule has 2 rings (SSSR count). The number of carbonyl (C=O) groups is 3. The zero-order chi connectivity index (χ0) is 19.3. The van der Waals surface area contributed by atoms with Gasteiger partial charge in [0.25, 0.3) is 0 Å². The highest BCUT2D eigenvalue weighted by molar-refractivity contribution is 5.86. The van der Waals surface area contributed by atoms with E-state index in [9.17, 15) is 27.6 Å². The summed E-state index contributed by atoms with van der Waals surface area (Å²) in [4.78, 5) is 37.3. The molecule has 148 valence electrons. The first-order valence-corrected chi connectivity index (χ1v) is 8.59. The topological polar surface area (TPSA) is 84.9 Å². The fourth-order valence-electron chi connectivity index (χ4n) is 3.76. The van der Waals surface area contributed by atoms with E-state index in [1.165, 1.54) is 7.11 Å². The van der Waals surface area contributed by atoms with E-state index in [2.05, 4.69) is 10.1 Å². The number of esters is 1. The molecule has 0 spiro atoms. The number of carbonyl (C=O) groups excluding carboxylic acids is 3. The summed E-state index contributed by atoms with van der Waals surface area (Å²) >= 11 is 0. The summed E-state index contributed by atoms with van der Waals surface area (Å²) in [6, 6.07) is -0.671. The third kappa shape index (κ3) is 5.25. The van der Waals surface area contributed by atoms with Crippen LogP contribution in [0.3, 0.4) is 0 Å². The molecule has 1 saturated carbocycles. The van der Waals surface area contributed by atoms with Crippen molar-refractivity contribution in [3.8, 4) is 0 Å². The number of fused-ring (bicyclic) bond motifs is 1. The van der Waals surface area contributed by atoms with E-state index in [1.807, 2.05) is 0 Å². The normalized spacial score (nSPS) is 25.4. The Morgan fingerprint density at radius 3 is 2.54 bits per heavy atom. The van der Waals surface area contributed by atoms with E-state index < -0.39 is 30.9 Å². The molecule has 10 heteroatoms. The molecule has 0 aromatic rings. The maximum absolute atomic E-state index is 12.6. The lowest BCUT2D eigenvalue weighted by molar-refractivity contribution is -0.160. The molecule has 1 heterocycles. The van der Waals surface area contributed by atoms with Crippen molar-refractivity contribution in [1.82, 2.24) is 10.2 Å². The van der Waals surface area contributed by atoms with Crippen LogP contribution in [0, 0.1) is 5.92 Å². The van der Waals surface area contributed by atoms with Gasteiger partial charge in [0.05, 0.1) is 7.11 Å². The van der Waals surface area contributed by atoms with E-state index in [-0.39, 0.29) is 30.8 Å². The van der Waals surface area contributed by atoms with Gasteiger partial charge in [0.15, 0.2) is 6.61 Å². The van der Waals surface area contributed by atoms with Crippen molar-refractivity contribution >= 4 is 18.0 Å². The molecule has 2 amide bonds. The standard InChI is InChI=1S/C16H23F3N2O5/c1-25-14(23)12-8-10-4-2-3-5-11(10)21(12)13(22)6-7-20-15(24)26-9-16(17,18)19/h10-12H,2-9H2,1H3,(H,20,24). The van der Waals surface area contributed by atoms with Gasteiger partial charge in [0.1, 0.15) is 6.04 Å². The number of ether oxygens (including phenoxy) is 2. The molecule has 3 unspecified atom stereocenters. The van der Waals surface area contributed by atoms with Crippen LogP contribution in [-0.4, -0.2) is 61.4 Å². The molecule has 3 atom stereocenters. The number of likely N-dealkylation sites (tertiary alicyclic amines) is 1. The van der Waals surface area contributed by atoms with E-state index in [0.29, 0.717) is 6.42 Å². The lowest BCUT2D eigenvalue weighted by atomic mass is 9.84. The van der Waals surface area contributed by atoms with Gasteiger partial charge in [0.2, 0.25) is 5.91 Å². The molecular weight excluding hydrogens is 357 g/mol. The minimum Gasteiger partial charge on any atom is -0.467 e. The first-order chi connectivity index (χ1) is 12.2. The molecule has 0 bridgehead atoms. The number of rotatable bonds is 5. The van der Waals surface area contributed by atoms with Gasteiger partial charge in [-0.15, -0.1) is 0 Å². The summed E-state index contributed by atoms with van der Waals surface area (Å²) < 4.78 is 44.7. The molecule has 1 saturated heterocycles. The summed E-state index contributed by atoms with van der Waals surface area (Å²) in [6.07, 6.45) is -1.62. The number of hydrogen-bond acceptors (Lipinski definition) is 5. The van der Waals surface area contributed by atoms with Crippen molar-refractivity contribution < 1.29 is 37.0 Å². The molecule has 1 aliphatic carbocycles. The van der Waals surface area contributed by atoms with Gasteiger partial charge in [-0.05, 0) is 25.2 Å². The average molecular weight is 380 g/mol. The monoisotopic (exact) mass is 380 g/mol. The number of nitrogens with one attached hydrogen (secondary N) is 1. The third-order valence-electron chi connectivity index (χ3n) is 4.82. The lowest BCUT2D eigenvalue weighted by Crippen LogP contribution is -2.47. The van der Waals surface area contributed by atoms with Gasteiger partial charge >= 0.3 is 18.2 Å². The number of halogens is 3. The Labute approximate surface area is 149 Å². The number of nitrogens with zero attached hydrogens (tertiary/aromatic N) is 1. The first kappa shape index (κ1) is 20.3. The SMILES string of the molecule is COC(=O)C1CC2CCCCC2N1C(=O)CCNC(=O)OCC(F)(F)F. The summed E-state index contributed by atoms with van der Waals surface area (Å²) in [6.45, 7) is -1.86. The second-order valence-electron chi connectivity index (χ2n) is 6.56. The van der Waals surface area contributed by atoms with Gasteiger partial charge < -0.3 is 19.7 Å². The van der Waals surface area contributed by atoms with Gasteiger partial charge in [-0.2, -0.15) is 13.2 Å².